The van der Waals surface area contributed by atoms with Crippen LogP contribution in [0.3, 0.4) is 0 Å². The van der Waals surface area contributed by atoms with E-state index in [0.717, 1.165) is 16.3 Å². The zero-order valence-electron chi connectivity index (χ0n) is 13.5. The first-order chi connectivity index (χ1) is 12.5. The molecule has 0 saturated heterocycles. The van der Waals surface area contributed by atoms with Crippen LogP contribution < -0.4 is 5.32 Å². The monoisotopic (exact) mass is 388 g/mol. The molecular weight excluding hydrogens is 375 g/mol. The number of hydrogen-bond donors (Lipinski definition) is 1. The minimum atomic E-state index is -0.534. The van der Waals surface area contributed by atoms with Crippen LogP contribution in [0.2, 0.25) is 10.0 Å². The van der Waals surface area contributed by atoms with Gasteiger partial charge >= 0.3 is 5.97 Å². The van der Waals surface area contributed by atoms with Gasteiger partial charge in [0.1, 0.15) is 0 Å². The number of hydrogen-bond acceptors (Lipinski definition) is 4. The molecule has 0 bridgehead atoms. The van der Waals surface area contributed by atoms with Gasteiger partial charge in [-0.25, -0.2) is 4.98 Å². The Morgan fingerprint density at radius 1 is 1.08 bits per heavy atom. The Bertz CT molecular complexity index is 971. The molecule has 2 aromatic carbocycles. The molecule has 1 heterocycles. The van der Waals surface area contributed by atoms with Crippen LogP contribution in [-0.2, 0) is 20.7 Å². The van der Waals surface area contributed by atoms with Crippen molar-refractivity contribution in [2.75, 3.05) is 11.9 Å². The Balaban J connectivity index is 1.57. The smallest absolute Gasteiger partial charge is 0.310 e. The molecule has 0 radical (unpaired) electrons. The predicted octanol–water partition coefficient (Wildman–Crippen LogP) is 4.27. The van der Waals surface area contributed by atoms with E-state index < -0.39 is 18.5 Å². The van der Waals surface area contributed by atoms with Gasteiger partial charge in [-0.2, -0.15) is 0 Å². The molecular formula is C19H14Cl2N2O3. The summed E-state index contributed by atoms with van der Waals surface area (Å²) in [7, 11) is 0. The second-order valence-corrected chi connectivity index (χ2v) is 6.35. The van der Waals surface area contributed by atoms with Crippen molar-refractivity contribution in [3.05, 3.63) is 70.3 Å². The number of ether oxygens (including phenoxy) is 1. The maximum absolute atomic E-state index is 12.1. The maximum Gasteiger partial charge on any atom is 0.310 e. The van der Waals surface area contributed by atoms with Crippen molar-refractivity contribution in [3.8, 4) is 0 Å². The highest BCUT2D eigenvalue weighted by atomic mass is 35.5. The van der Waals surface area contributed by atoms with Gasteiger partial charge in [0.2, 0.25) is 0 Å². The van der Waals surface area contributed by atoms with Crippen LogP contribution in [0, 0.1) is 0 Å². The average Bonchev–Trinajstić information content (AvgIpc) is 2.63. The molecule has 1 N–H and O–H groups in total. The number of amides is 1. The lowest BCUT2D eigenvalue weighted by atomic mass is 10.0. The first kappa shape index (κ1) is 18.2. The van der Waals surface area contributed by atoms with Crippen molar-refractivity contribution >= 4 is 51.7 Å². The summed E-state index contributed by atoms with van der Waals surface area (Å²) >= 11 is 11.7. The summed E-state index contributed by atoms with van der Waals surface area (Å²) in [6.45, 7) is -0.426. The molecule has 132 valence electrons. The van der Waals surface area contributed by atoms with Crippen LogP contribution in [0.1, 0.15) is 5.56 Å². The average molecular weight is 389 g/mol. The molecule has 5 nitrogen and oxygen atoms in total. The number of nitrogens with zero attached hydrogens (tertiary/aromatic N) is 1. The minimum Gasteiger partial charge on any atom is -0.455 e. The van der Waals surface area contributed by atoms with Crippen LogP contribution in [0.25, 0.3) is 10.8 Å². The first-order valence-electron chi connectivity index (χ1n) is 7.76. The van der Waals surface area contributed by atoms with E-state index in [1.54, 1.807) is 0 Å². The Morgan fingerprint density at radius 2 is 1.85 bits per heavy atom. The van der Waals surface area contributed by atoms with Crippen LogP contribution >= 0.6 is 23.2 Å². The van der Waals surface area contributed by atoms with Crippen molar-refractivity contribution in [2.45, 2.75) is 6.42 Å². The second kappa shape index (κ2) is 8.17. The second-order valence-electron chi connectivity index (χ2n) is 5.51. The molecule has 0 aliphatic rings. The zero-order chi connectivity index (χ0) is 18.5. The third-order valence-electron chi connectivity index (χ3n) is 3.64. The van der Waals surface area contributed by atoms with Gasteiger partial charge in [-0.3, -0.25) is 9.59 Å². The molecule has 26 heavy (non-hydrogen) atoms. The standard InChI is InChI=1S/C19H14Cl2N2O3/c20-14-9-16(21)19(22-10-14)23-17(24)11-26-18(25)8-13-6-3-5-12-4-1-2-7-15(12)13/h1-7,9-10H,8,11H2,(H,22,23,24). The van der Waals surface area contributed by atoms with E-state index in [1.807, 2.05) is 42.5 Å². The van der Waals surface area contributed by atoms with Gasteiger partial charge in [-0.15, -0.1) is 0 Å². The maximum atomic E-state index is 12.1. The third kappa shape index (κ3) is 4.50. The van der Waals surface area contributed by atoms with E-state index in [-0.39, 0.29) is 17.3 Å². The summed E-state index contributed by atoms with van der Waals surface area (Å²) < 4.78 is 5.04. The van der Waals surface area contributed by atoms with Gasteiger partial charge in [-0.05, 0) is 22.4 Å². The van der Waals surface area contributed by atoms with Crippen LogP contribution in [0.15, 0.2) is 54.7 Å². The van der Waals surface area contributed by atoms with E-state index in [1.165, 1.54) is 12.3 Å². The van der Waals surface area contributed by atoms with Gasteiger partial charge < -0.3 is 10.1 Å². The number of esters is 1. The Kier molecular flexibility index (Phi) is 5.71. The highest BCUT2D eigenvalue weighted by Crippen LogP contribution is 2.22. The van der Waals surface area contributed by atoms with E-state index in [0.29, 0.717) is 5.02 Å². The van der Waals surface area contributed by atoms with Gasteiger partial charge in [0.05, 0.1) is 16.5 Å². The summed E-state index contributed by atoms with van der Waals surface area (Å²) in [5.74, 6) is -0.870. The quantitative estimate of drug-likeness (QED) is 0.662. The van der Waals surface area contributed by atoms with E-state index in [9.17, 15) is 9.59 Å². The van der Waals surface area contributed by atoms with E-state index in [4.69, 9.17) is 27.9 Å². The Hall–Kier alpha value is -2.63. The van der Waals surface area contributed by atoms with Gasteiger partial charge in [0, 0.05) is 6.20 Å². The minimum absolute atomic E-state index is 0.0780. The predicted molar refractivity (Wildman–Crippen MR) is 101 cm³/mol. The van der Waals surface area contributed by atoms with Crippen molar-refractivity contribution in [3.63, 3.8) is 0 Å². The number of pyridine rings is 1. The van der Waals surface area contributed by atoms with Crippen molar-refractivity contribution in [1.82, 2.24) is 4.98 Å². The first-order valence-corrected chi connectivity index (χ1v) is 8.51. The number of carbonyl (C=O) groups is 2. The SMILES string of the molecule is O=C(COC(=O)Cc1cccc2ccccc12)Nc1ncc(Cl)cc1Cl. The fourth-order valence-electron chi connectivity index (χ4n) is 2.47. The number of aromatic nitrogens is 1. The fraction of sp³-hybridized carbons (Fsp3) is 0.105. The van der Waals surface area contributed by atoms with Crippen LogP contribution in [-0.4, -0.2) is 23.5 Å². The highest BCUT2D eigenvalue weighted by Gasteiger charge is 2.12. The highest BCUT2D eigenvalue weighted by molar-refractivity contribution is 6.36. The lowest BCUT2D eigenvalue weighted by Gasteiger charge is -2.09. The molecule has 1 aromatic heterocycles. The number of carbonyl (C=O) groups excluding carboxylic acids is 2. The molecule has 3 aromatic rings. The zero-order valence-corrected chi connectivity index (χ0v) is 15.1. The van der Waals surface area contributed by atoms with Crippen molar-refractivity contribution in [1.29, 1.82) is 0 Å². The summed E-state index contributed by atoms with van der Waals surface area (Å²) in [4.78, 5) is 27.9. The number of benzene rings is 2. The van der Waals surface area contributed by atoms with Crippen LogP contribution in [0.4, 0.5) is 5.82 Å². The summed E-state index contributed by atoms with van der Waals surface area (Å²) in [6, 6.07) is 14.9. The molecule has 0 aliphatic carbocycles. The summed E-state index contributed by atoms with van der Waals surface area (Å²) in [5, 5.41) is 5.05. The number of halogens is 2. The topological polar surface area (TPSA) is 68.3 Å². The Morgan fingerprint density at radius 3 is 2.65 bits per heavy atom. The van der Waals surface area contributed by atoms with Gasteiger partial charge in [0.25, 0.3) is 5.91 Å². The molecule has 0 atom stereocenters. The van der Waals surface area contributed by atoms with Gasteiger partial charge in [-0.1, -0.05) is 65.7 Å². The van der Waals surface area contributed by atoms with Gasteiger partial charge in [0.15, 0.2) is 12.4 Å². The number of nitrogens with one attached hydrogen (secondary N) is 1. The fourth-order valence-corrected chi connectivity index (χ4v) is 2.90. The van der Waals surface area contributed by atoms with Crippen LogP contribution in [0.5, 0.6) is 0 Å². The number of anilines is 1. The molecule has 0 aliphatic heterocycles. The van der Waals surface area contributed by atoms with Crippen molar-refractivity contribution in [2.24, 2.45) is 0 Å². The normalized spacial score (nSPS) is 10.5. The van der Waals surface area contributed by atoms with Crippen molar-refractivity contribution < 1.29 is 14.3 Å². The lowest BCUT2D eigenvalue weighted by Crippen LogP contribution is -2.22. The molecule has 0 spiro atoms. The molecule has 0 saturated carbocycles. The molecule has 7 heteroatoms. The number of rotatable bonds is 5. The third-order valence-corrected chi connectivity index (χ3v) is 4.14. The van der Waals surface area contributed by atoms with E-state index >= 15 is 0 Å². The molecule has 0 unspecified atom stereocenters. The summed E-state index contributed by atoms with van der Waals surface area (Å²) in [5.41, 5.74) is 0.843. The largest absolute Gasteiger partial charge is 0.455 e. The molecule has 3 rings (SSSR count). The molecule has 0 fully saturated rings. The summed E-state index contributed by atoms with van der Waals surface area (Å²) in [6.07, 6.45) is 1.43. The Labute approximate surface area is 159 Å². The molecule has 1 amide bonds. The lowest BCUT2D eigenvalue weighted by molar-refractivity contribution is -0.146. The van der Waals surface area contributed by atoms with E-state index in [2.05, 4.69) is 10.3 Å². The number of fused-ring (bicyclic) bond motifs is 1.